The number of aryl methyl sites for hydroxylation is 2. The zero-order valence-electron chi connectivity index (χ0n) is 11.5. The summed E-state index contributed by atoms with van der Waals surface area (Å²) in [5, 5.41) is 0. The van der Waals surface area contributed by atoms with Gasteiger partial charge in [-0.15, -0.1) is 0 Å². The minimum atomic E-state index is -3.85. The van der Waals surface area contributed by atoms with Crippen LogP contribution in [0, 0.1) is 13.8 Å². The van der Waals surface area contributed by atoms with Crippen LogP contribution in [0.5, 0.6) is 0 Å². The third-order valence-corrected chi connectivity index (χ3v) is 4.28. The number of benzene rings is 1. The van der Waals surface area contributed by atoms with Gasteiger partial charge in [0.25, 0.3) is 10.1 Å². The highest BCUT2D eigenvalue weighted by Gasteiger charge is 2.36. The lowest BCUT2D eigenvalue weighted by Gasteiger charge is -2.17. The summed E-state index contributed by atoms with van der Waals surface area (Å²) in [7, 11) is -3.85. The van der Waals surface area contributed by atoms with Crippen LogP contribution in [0.4, 0.5) is 0 Å². The summed E-state index contributed by atoms with van der Waals surface area (Å²) in [6.45, 7) is 7.15. The van der Waals surface area contributed by atoms with Gasteiger partial charge in [0.05, 0.1) is 4.90 Å². The van der Waals surface area contributed by atoms with Crippen molar-refractivity contribution >= 4 is 10.1 Å². The van der Waals surface area contributed by atoms with Crippen LogP contribution < -0.4 is 0 Å². The van der Waals surface area contributed by atoms with Crippen molar-refractivity contribution in [1.82, 2.24) is 0 Å². The van der Waals surface area contributed by atoms with Crippen molar-refractivity contribution in [3.8, 4) is 0 Å². The van der Waals surface area contributed by atoms with Crippen molar-refractivity contribution in [3.63, 3.8) is 0 Å². The first-order chi connectivity index (χ1) is 8.70. The molecule has 0 N–H and O–H groups in total. The Morgan fingerprint density at radius 3 is 2.53 bits per heavy atom. The van der Waals surface area contributed by atoms with E-state index in [1.165, 1.54) is 0 Å². The maximum Gasteiger partial charge on any atom is 0.299 e. The summed E-state index contributed by atoms with van der Waals surface area (Å²) in [5.74, 6) is -0.817. The van der Waals surface area contributed by atoms with Gasteiger partial charge in [-0.3, -0.25) is 0 Å². The quantitative estimate of drug-likeness (QED) is 0.796. The number of hydrogen-bond acceptors (Lipinski definition) is 5. The largest absolute Gasteiger partial charge is 0.345 e. The van der Waals surface area contributed by atoms with E-state index in [1.54, 1.807) is 39.0 Å². The normalized spacial score (nSPS) is 22.6. The second-order valence-electron chi connectivity index (χ2n) is 5.08. The molecule has 0 amide bonds. The maximum absolute atomic E-state index is 12.2. The van der Waals surface area contributed by atoms with Gasteiger partial charge in [-0.1, -0.05) is 17.7 Å². The molecule has 1 atom stereocenters. The van der Waals surface area contributed by atoms with E-state index in [0.717, 1.165) is 5.56 Å². The Morgan fingerprint density at radius 1 is 1.32 bits per heavy atom. The van der Waals surface area contributed by atoms with Crippen LogP contribution in [0.3, 0.4) is 0 Å². The molecule has 1 fully saturated rings. The first-order valence-corrected chi connectivity index (χ1v) is 7.43. The lowest BCUT2D eigenvalue weighted by Crippen LogP contribution is -2.25. The molecule has 0 aliphatic carbocycles. The average molecular weight is 286 g/mol. The molecule has 106 valence electrons. The van der Waals surface area contributed by atoms with E-state index in [-0.39, 0.29) is 11.5 Å². The highest BCUT2D eigenvalue weighted by Crippen LogP contribution is 2.27. The molecule has 19 heavy (non-hydrogen) atoms. The summed E-state index contributed by atoms with van der Waals surface area (Å²) < 4.78 is 40.0. The van der Waals surface area contributed by atoms with Crippen LogP contribution in [0.15, 0.2) is 23.1 Å². The first-order valence-electron chi connectivity index (χ1n) is 6.02. The molecule has 1 saturated heterocycles. The molecule has 1 aliphatic heterocycles. The third kappa shape index (κ3) is 3.33. The van der Waals surface area contributed by atoms with Crippen LogP contribution in [0.25, 0.3) is 0 Å². The molecular formula is C13H18O5S. The van der Waals surface area contributed by atoms with Gasteiger partial charge in [0.15, 0.2) is 5.79 Å². The highest BCUT2D eigenvalue weighted by atomic mass is 32.2. The van der Waals surface area contributed by atoms with Crippen LogP contribution in [-0.4, -0.2) is 27.1 Å². The molecule has 0 unspecified atom stereocenters. The minimum absolute atomic E-state index is 0.0944. The second-order valence-corrected chi connectivity index (χ2v) is 6.62. The van der Waals surface area contributed by atoms with E-state index in [2.05, 4.69) is 0 Å². The molecule has 0 bridgehead atoms. The van der Waals surface area contributed by atoms with Gasteiger partial charge in [0, 0.05) is 0 Å². The van der Waals surface area contributed by atoms with Crippen molar-refractivity contribution in [2.24, 2.45) is 0 Å². The van der Waals surface area contributed by atoms with E-state index >= 15 is 0 Å². The Balaban J connectivity index is 2.19. The highest BCUT2D eigenvalue weighted by molar-refractivity contribution is 7.86. The van der Waals surface area contributed by atoms with E-state index < -0.39 is 22.2 Å². The lowest BCUT2D eigenvalue weighted by molar-refractivity contribution is -0.166. The van der Waals surface area contributed by atoms with Crippen LogP contribution in [0.2, 0.25) is 0 Å². The number of rotatable bonds is 3. The van der Waals surface area contributed by atoms with Gasteiger partial charge in [-0.05, 0) is 39.3 Å². The fourth-order valence-corrected chi connectivity index (χ4v) is 3.14. The van der Waals surface area contributed by atoms with Crippen molar-refractivity contribution in [1.29, 1.82) is 0 Å². The summed E-state index contributed by atoms with van der Waals surface area (Å²) in [6, 6.07) is 5.08. The van der Waals surface area contributed by atoms with E-state index in [0.29, 0.717) is 5.56 Å². The lowest BCUT2D eigenvalue weighted by atomic mass is 10.2. The van der Waals surface area contributed by atoms with E-state index in [9.17, 15) is 8.42 Å². The van der Waals surface area contributed by atoms with Crippen molar-refractivity contribution in [2.75, 3.05) is 6.61 Å². The molecule has 6 heteroatoms. The van der Waals surface area contributed by atoms with Crippen LogP contribution >= 0.6 is 0 Å². The van der Waals surface area contributed by atoms with Crippen LogP contribution in [-0.2, 0) is 23.8 Å². The monoisotopic (exact) mass is 286 g/mol. The minimum Gasteiger partial charge on any atom is -0.345 e. The van der Waals surface area contributed by atoms with E-state index in [1.807, 2.05) is 6.92 Å². The Labute approximate surface area is 113 Å². The molecule has 2 rings (SSSR count). The van der Waals surface area contributed by atoms with Gasteiger partial charge >= 0.3 is 0 Å². The van der Waals surface area contributed by atoms with Crippen molar-refractivity contribution in [2.45, 2.75) is 44.7 Å². The zero-order valence-corrected chi connectivity index (χ0v) is 12.3. The SMILES string of the molecule is Cc1ccc(S(=O)(=O)O[C@@H]2COC(C)(C)O2)c(C)c1. The predicted molar refractivity (Wildman–Crippen MR) is 69.1 cm³/mol. The molecule has 0 saturated carbocycles. The summed E-state index contributed by atoms with van der Waals surface area (Å²) in [6.07, 6.45) is -0.902. The topological polar surface area (TPSA) is 61.8 Å². The van der Waals surface area contributed by atoms with Gasteiger partial charge in [0.2, 0.25) is 6.29 Å². The molecule has 5 nitrogen and oxygen atoms in total. The fraction of sp³-hybridized carbons (Fsp3) is 0.538. The molecule has 0 aromatic heterocycles. The van der Waals surface area contributed by atoms with Gasteiger partial charge < -0.3 is 9.47 Å². The molecule has 1 aromatic carbocycles. The third-order valence-electron chi connectivity index (χ3n) is 2.82. The van der Waals surface area contributed by atoms with Crippen LogP contribution in [0.1, 0.15) is 25.0 Å². The second kappa shape index (κ2) is 4.86. The number of ether oxygens (including phenoxy) is 2. The molecule has 1 heterocycles. The standard InChI is InChI=1S/C13H18O5S/c1-9-5-6-11(10(2)7-9)19(14,15)18-12-8-16-13(3,4)17-12/h5-7,12H,8H2,1-4H3/t12-/m1/s1. The maximum atomic E-state index is 12.2. The summed E-state index contributed by atoms with van der Waals surface area (Å²) in [5.41, 5.74) is 1.65. The average Bonchev–Trinajstić information content (AvgIpc) is 2.56. The van der Waals surface area contributed by atoms with Crippen molar-refractivity contribution in [3.05, 3.63) is 29.3 Å². The molecular weight excluding hydrogens is 268 g/mol. The smallest absolute Gasteiger partial charge is 0.299 e. The predicted octanol–water partition coefficient (Wildman–Crippen LogP) is 2.12. The Kier molecular flexibility index (Phi) is 3.70. The first kappa shape index (κ1) is 14.5. The molecule has 1 aliphatic rings. The fourth-order valence-electron chi connectivity index (χ4n) is 1.97. The molecule has 0 spiro atoms. The Morgan fingerprint density at radius 2 is 2.00 bits per heavy atom. The molecule has 0 radical (unpaired) electrons. The molecule has 1 aromatic rings. The zero-order chi connectivity index (χ0) is 14.3. The Bertz CT molecular complexity index is 577. The summed E-state index contributed by atoms with van der Waals surface area (Å²) >= 11 is 0. The van der Waals surface area contributed by atoms with Gasteiger partial charge in [-0.2, -0.15) is 8.42 Å². The van der Waals surface area contributed by atoms with Crippen molar-refractivity contribution < 1.29 is 22.1 Å². The Hall–Kier alpha value is -0.950. The number of hydrogen-bond donors (Lipinski definition) is 0. The van der Waals surface area contributed by atoms with Gasteiger partial charge in [0.1, 0.15) is 6.61 Å². The van der Waals surface area contributed by atoms with E-state index in [4.69, 9.17) is 13.7 Å². The summed E-state index contributed by atoms with van der Waals surface area (Å²) in [4.78, 5) is 0.159. The van der Waals surface area contributed by atoms with Gasteiger partial charge in [-0.25, -0.2) is 4.18 Å².